The minimum Gasteiger partial charge on any atom is -0.312 e. The lowest BCUT2D eigenvalue weighted by molar-refractivity contribution is -0.116. The molecule has 1 amide bonds. The average Bonchev–Trinajstić information content (AvgIpc) is 3.01. The first-order valence-electron chi connectivity index (χ1n) is 7.25. The fraction of sp³-hybridized carbons (Fsp3) is 0.333. The lowest BCUT2D eigenvalue weighted by Crippen LogP contribution is -2.25. The SMILES string of the molecule is CC(=O)N1CCc2ccc(NS(=O)(=O)c3c(C)n[nH]c3C)cc21. The van der Waals surface area contributed by atoms with Crippen molar-refractivity contribution >= 4 is 27.3 Å². The summed E-state index contributed by atoms with van der Waals surface area (Å²) in [5, 5.41) is 6.59. The lowest BCUT2D eigenvalue weighted by Gasteiger charge is -2.16. The van der Waals surface area contributed by atoms with Crippen LogP contribution in [0, 0.1) is 13.8 Å². The van der Waals surface area contributed by atoms with Crippen LogP contribution in [0.4, 0.5) is 11.4 Å². The first-order chi connectivity index (χ1) is 10.8. The zero-order chi connectivity index (χ0) is 16.8. The van der Waals surface area contributed by atoms with Crippen molar-refractivity contribution in [3.05, 3.63) is 35.2 Å². The molecule has 3 rings (SSSR count). The molecule has 122 valence electrons. The number of nitrogens with one attached hydrogen (secondary N) is 2. The van der Waals surface area contributed by atoms with Crippen molar-refractivity contribution in [3.63, 3.8) is 0 Å². The quantitative estimate of drug-likeness (QED) is 0.894. The maximum atomic E-state index is 12.6. The van der Waals surface area contributed by atoms with Gasteiger partial charge in [-0.25, -0.2) is 8.42 Å². The van der Waals surface area contributed by atoms with Crippen LogP contribution in [0.2, 0.25) is 0 Å². The fourth-order valence-electron chi connectivity index (χ4n) is 2.91. The van der Waals surface area contributed by atoms with Crippen molar-refractivity contribution in [2.75, 3.05) is 16.2 Å². The molecule has 0 bridgehead atoms. The third-order valence-corrected chi connectivity index (χ3v) is 5.59. The van der Waals surface area contributed by atoms with Gasteiger partial charge < -0.3 is 4.90 Å². The van der Waals surface area contributed by atoms with E-state index in [-0.39, 0.29) is 10.8 Å². The summed E-state index contributed by atoms with van der Waals surface area (Å²) < 4.78 is 27.7. The van der Waals surface area contributed by atoms with E-state index in [9.17, 15) is 13.2 Å². The Morgan fingerprint density at radius 3 is 2.70 bits per heavy atom. The Labute approximate surface area is 134 Å². The van der Waals surface area contributed by atoms with Crippen LogP contribution in [-0.4, -0.2) is 31.1 Å². The molecule has 7 nitrogen and oxygen atoms in total. The molecule has 0 aliphatic carbocycles. The van der Waals surface area contributed by atoms with Crippen LogP contribution in [0.15, 0.2) is 23.1 Å². The number of sulfonamides is 1. The average molecular weight is 334 g/mol. The molecule has 0 unspecified atom stereocenters. The van der Waals surface area contributed by atoms with Gasteiger partial charge in [0.05, 0.1) is 17.1 Å². The van der Waals surface area contributed by atoms with E-state index in [4.69, 9.17) is 0 Å². The van der Waals surface area contributed by atoms with Crippen molar-refractivity contribution in [2.24, 2.45) is 0 Å². The molecule has 2 aromatic rings. The van der Waals surface area contributed by atoms with Crippen LogP contribution in [0.5, 0.6) is 0 Å². The predicted octanol–water partition coefficient (Wildman–Crippen LogP) is 1.74. The van der Waals surface area contributed by atoms with Gasteiger partial charge in [-0.1, -0.05) is 6.07 Å². The van der Waals surface area contributed by atoms with Gasteiger partial charge in [0.25, 0.3) is 10.0 Å². The lowest BCUT2D eigenvalue weighted by atomic mass is 10.1. The number of amides is 1. The van der Waals surface area contributed by atoms with Crippen LogP contribution in [-0.2, 0) is 21.2 Å². The number of carbonyl (C=O) groups excluding carboxylic acids is 1. The molecule has 8 heteroatoms. The molecular formula is C15H18N4O3S. The Hall–Kier alpha value is -2.35. The number of hydrogen-bond donors (Lipinski definition) is 2. The molecular weight excluding hydrogens is 316 g/mol. The van der Waals surface area contributed by atoms with Crippen molar-refractivity contribution < 1.29 is 13.2 Å². The molecule has 0 saturated carbocycles. The Balaban J connectivity index is 1.96. The number of nitrogens with zero attached hydrogens (tertiary/aromatic N) is 2. The second-order valence-corrected chi connectivity index (χ2v) is 7.25. The highest BCUT2D eigenvalue weighted by molar-refractivity contribution is 7.92. The van der Waals surface area contributed by atoms with Crippen molar-refractivity contribution in [1.29, 1.82) is 0 Å². The van der Waals surface area contributed by atoms with Gasteiger partial charge in [-0.2, -0.15) is 5.10 Å². The van der Waals surface area contributed by atoms with Crippen LogP contribution >= 0.6 is 0 Å². The van der Waals surface area contributed by atoms with E-state index in [0.717, 1.165) is 17.7 Å². The summed E-state index contributed by atoms with van der Waals surface area (Å²) >= 11 is 0. The molecule has 0 radical (unpaired) electrons. The molecule has 0 fully saturated rings. The minimum atomic E-state index is -3.73. The number of rotatable bonds is 3. The second-order valence-electron chi connectivity index (χ2n) is 5.63. The summed E-state index contributed by atoms with van der Waals surface area (Å²) in [5.74, 6) is -0.0507. The number of fused-ring (bicyclic) bond motifs is 1. The normalized spacial score (nSPS) is 14.0. The Bertz CT molecular complexity index is 867. The van der Waals surface area contributed by atoms with Crippen molar-refractivity contribution in [3.8, 4) is 0 Å². The van der Waals surface area contributed by atoms with Gasteiger partial charge in [0.15, 0.2) is 0 Å². The minimum absolute atomic E-state index is 0.0507. The maximum Gasteiger partial charge on any atom is 0.265 e. The molecule has 23 heavy (non-hydrogen) atoms. The first kappa shape index (κ1) is 15.5. The van der Waals surface area contributed by atoms with E-state index >= 15 is 0 Å². The zero-order valence-electron chi connectivity index (χ0n) is 13.2. The van der Waals surface area contributed by atoms with E-state index < -0.39 is 10.0 Å². The largest absolute Gasteiger partial charge is 0.312 e. The third-order valence-electron chi connectivity index (χ3n) is 3.94. The van der Waals surface area contributed by atoms with Gasteiger partial charge in [-0.05, 0) is 38.0 Å². The molecule has 1 aromatic heterocycles. The molecule has 1 aliphatic rings. The van der Waals surface area contributed by atoms with E-state index in [2.05, 4.69) is 14.9 Å². The smallest absolute Gasteiger partial charge is 0.265 e. The number of carbonyl (C=O) groups is 1. The zero-order valence-corrected chi connectivity index (χ0v) is 14.0. The van der Waals surface area contributed by atoms with Gasteiger partial charge >= 0.3 is 0 Å². The predicted molar refractivity (Wildman–Crippen MR) is 87.0 cm³/mol. The van der Waals surface area contributed by atoms with Gasteiger partial charge in [-0.3, -0.25) is 14.6 Å². The van der Waals surface area contributed by atoms with E-state index in [0.29, 0.717) is 23.6 Å². The van der Waals surface area contributed by atoms with Crippen LogP contribution in [0.25, 0.3) is 0 Å². The highest BCUT2D eigenvalue weighted by Crippen LogP contribution is 2.32. The standard InChI is InChI=1S/C15H18N4O3S/c1-9-15(10(2)17-16-9)23(21,22)18-13-5-4-12-6-7-19(11(3)20)14(12)8-13/h4-5,8,18H,6-7H2,1-3H3,(H,16,17). The topological polar surface area (TPSA) is 95.2 Å². The number of aromatic nitrogens is 2. The molecule has 1 aromatic carbocycles. The number of aryl methyl sites for hydroxylation is 2. The van der Waals surface area contributed by atoms with Gasteiger partial charge in [0, 0.05) is 19.2 Å². The summed E-state index contributed by atoms with van der Waals surface area (Å²) in [6.07, 6.45) is 0.780. The summed E-state index contributed by atoms with van der Waals surface area (Å²) in [4.78, 5) is 13.5. The number of aromatic amines is 1. The monoisotopic (exact) mass is 334 g/mol. The molecule has 2 N–H and O–H groups in total. The molecule has 0 spiro atoms. The van der Waals surface area contributed by atoms with E-state index in [1.165, 1.54) is 6.92 Å². The van der Waals surface area contributed by atoms with Crippen molar-refractivity contribution in [1.82, 2.24) is 10.2 Å². The Kier molecular flexibility index (Phi) is 3.63. The number of anilines is 2. The van der Waals surface area contributed by atoms with Gasteiger partial charge in [0.2, 0.25) is 5.91 Å². The first-order valence-corrected chi connectivity index (χ1v) is 8.73. The van der Waals surface area contributed by atoms with Gasteiger partial charge in [0.1, 0.15) is 4.90 Å². The molecule has 1 aliphatic heterocycles. The van der Waals surface area contributed by atoms with Crippen LogP contribution in [0.1, 0.15) is 23.9 Å². The summed E-state index contributed by atoms with van der Waals surface area (Å²) in [6.45, 7) is 5.43. The molecule has 0 saturated heterocycles. The Morgan fingerprint density at radius 1 is 1.35 bits per heavy atom. The maximum absolute atomic E-state index is 12.6. The summed E-state index contributed by atoms with van der Waals surface area (Å²) in [5.41, 5.74) is 3.14. The number of H-pyrrole nitrogens is 1. The van der Waals surface area contributed by atoms with Crippen molar-refractivity contribution in [2.45, 2.75) is 32.1 Å². The number of hydrogen-bond acceptors (Lipinski definition) is 4. The Morgan fingerprint density at radius 2 is 2.09 bits per heavy atom. The number of benzene rings is 1. The van der Waals surface area contributed by atoms with Crippen LogP contribution in [0.3, 0.4) is 0 Å². The van der Waals surface area contributed by atoms with Gasteiger partial charge in [-0.15, -0.1) is 0 Å². The summed E-state index contributed by atoms with van der Waals surface area (Å²) in [7, 11) is -3.73. The molecule has 0 atom stereocenters. The highest BCUT2D eigenvalue weighted by atomic mass is 32.2. The molecule has 2 heterocycles. The third kappa shape index (κ3) is 2.70. The van der Waals surface area contributed by atoms with E-state index in [1.807, 2.05) is 6.07 Å². The fourth-order valence-corrected chi connectivity index (χ4v) is 4.34. The highest BCUT2D eigenvalue weighted by Gasteiger charge is 2.25. The second kappa shape index (κ2) is 5.38. The van der Waals surface area contributed by atoms with Crippen LogP contribution < -0.4 is 9.62 Å². The van der Waals surface area contributed by atoms with E-state index in [1.54, 1.807) is 30.9 Å². The summed E-state index contributed by atoms with van der Waals surface area (Å²) in [6, 6.07) is 5.27.